The number of benzene rings is 1. The minimum absolute atomic E-state index is 0.0754. The molecule has 1 aromatic rings. The Bertz CT molecular complexity index is 333. The molecule has 4 heteroatoms. The van der Waals surface area contributed by atoms with Crippen LogP contribution >= 0.6 is 0 Å². The van der Waals surface area contributed by atoms with Crippen molar-refractivity contribution >= 4 is 17.3 Å². The molecule has 0 radical (unpaired) electrons. The molecule has 1 aromatic carbocycles. The Kier molecular flexibility index (Phi) is 4.79. The van der Waals surface area contributed by atoms with Crippen LogP contribution in [0.1, 0.15) is 13.8 Å². The van der Waals surface area contributed by atoms with Crippen molar-refractivity contribution in [1.29, 1.82) is 0 Å². The van der Waals surface area contributed by atoms with Crippen molar-refractivity contribution in [2.45, 2.75) is 19.9 Å². The van der Waals surface area contributed by atoms with E-state index in [4.69, 9.17) is 4.74 Å². The van der Waals surface area contributed by atoms with Crippen molar-refractivity contribution < 1.29 is 9.53 Å². The van der Waals surface area contributed by atoms with Crippen LogP contribution in [0.2, 0.25) is 0 Å². The lowest BCUT2D eigenvalue weighted by Crippen LogP contribution is -2.17. The van der Waals surface area contributed by atoms with Gasteiger partial charge >= 0.3 is 0 Å². The standard InChI is InChI=1S/C12H18N2O2/c1-9(2)13-10-4-6-11(7-5-10)14-12(15)8-16-3/h4-7,9,13H,8H2,1-3H3,(H,14,15). The maximum absolute atomic E-state index is 11.2. The lowest BCUT2D eigenvalue weighted by atomic mass is 10.2. The molecule has 0 aliphatic rings. The summed E-state index contributed by atoms with van der Waals surface area (Å²) in [5, 5.41) is 6.00. The van der Waals surface area contributed by atoms with Gasteiger partial charge in [-0.3, -0.25) is 4.79 Å². The summed E-state index contributed by atoms with van der Waals surface area (Å²) >= 11 is 0. The van der Waals surface area contributed by atoms with Crippen LogP contribution in [0.15, 0.2) is 24.3 Å². The van der Waals surface area contributed by atoms with Gasteiger partial charge in [-0.2, -0.15) is 0 Å². The second kappa shape index (κ2) is 6.12. The van der Waals surface area contributed by atoms with Crippen molar-refractivity contribution in [3.63, 3.8) is 0 Å². The highest BCUT2D eigenvalue weighted by atomic mass is 16.5. The average Bonchev–Trinajstić information content (AvgIpc) is 2.20. The van der Waals surface area contributed by atoms with E-state index in [1.54, 1.807) is 0 Å². The summed E-state index contributed by atoms with van der Waals surface area (Å²) in [6.45, 7) is 4.23. The summed E-state index contributed by atoms with van der Waals surface area (Å²) < 4.78 is 4.73. The SMILES string of the molecule is COCC(=O)Nc1ccc(NC(C)C)cc1. The average molecular weight is 222 g/mol. The van der Waals surface area contributed by atoms with E-state index >= 15 is 0 Å². The van der Waals surface area contributed by atoms with Gasteiger partial charge in [0.05, 0.1) is 0 Å². The zero-order valence-electron chi connectivity index (χ0n) is 9.91. The number of amides is 1. The maximum atomic E-state index is 11.2. The van der Waals surface area contributed by atoms with Gasteiger partial charge in [0.2, 0.25) is 5.91 Å². The number of hydrogen-bond acceptors (Lipinski definition) is 3. The van der Waals surface area contributed by atoms with Gasteiger partial charge in [-0.25, -0.2) is 0 Å². The number of carbonyl (C=O) groups is 1. The molecule has 1 amide bonds. The zero-order valence-corrected chi connectivity index (χ0v) is 9.91. The quantitative estimate of drug-likeness (QED) is 0.802. The van der Waals surface area contributed by atoms with Gasteiger partial charge < -0.3 is 15.4 Å². The van der Waals surface area contributed by atoms with E-state index in [-0.39, 0.29) is 12.5 Å². The molecule has 0 unspecified atom stereocenters. The molecule has 0 bridgehead atoms. The predicted octanol–water partition coefficient (Wildman–Crippen LogP) is 2.09. The van der Waals surface area contributed by atoms with E-state index in [1.165, 1.54) is 7.11 Å². The first kappa shape index (κ1) is 12.5. The van der Waals surface area contributed by atoms with E-state index in [0.717, 1.165) is 11.4 Å². The Balaban J connectivity index is 2.54. The Morgan fingerprint density at radius 2 is 1.81 bits per heavy atom. The van der Waals surface area contributed by atoms with Crippen LogP contribution in [-0.4, -0.2) is 25.7 Å². The van der Waals surface area contributed by atoms with Crippen LogP contribution in [0.25, 0.3) is 0 Å². The monoisotopic (exact) mass is 222 g/mol. The molecule has 0 saturated carbocycles. The molecule has 0 heterocycles. The second-order valence-corrected chi connectivity index (χ2v) is 3.86. The first-order chi connectivity index (χ1) is 7.61. The van der Waals surface area contributed by atoms with E-state index in [0.29, 0.717) is 6.04 Å². The fraction of sp³-hybridized carbons (Fsp3) is 0.417. The van der Waals surface area contributed by atoms with Crippen LogP contribution in [-0.2, 0) is 9.53 Å². The van der Waals surface area contributed by atoms with Crippen molar-refractivity contribution in [3.05, 3.63) is 24.3 Å². The van der Waals surface area contributed by atoms with Crippen LogP contribution in [0.4, 0.5) is 11.4 Å². The fourth-order valence-electron chi connectivity index (χ4n) is 1.31. The topological polar surface area (TPSA) is 50.4 Å². The lowest BCUT2D eigenvalue weighted by molar-refractivity contribution is -0.119. The number of ether oxygens (including phenoxy) is 1. The molecule has 1 rings (SSSR count). The zero-order chi connectivity index (χ0) is 12.0. The smallest absolute Gasteiger partial charge is 0.250 e. The molecule has 0 saturated heterocycles. The summed E-state index contributed by atoms with van der Waals surface area (Å²) in [6.07, 6.45) is 0. The normalized spacial score (nSPS) is 10.2. The number of anilines is 2. The van der Waals surface area contributed by atoms with Gasteiger partial charge in [0, 0.05) is 24.5 Å². The summed E-state index contributed by atoms with van der Waals surface area (Å²) in [7, 11) is 1.50. The van der Waals surface area contributed by atoms with Crippen molar-refractivity contribution in [3.8, 4) is 0 Å². The highest BCUT2D eigenvalue weighted by Crippen LogP contribution is 2.14. The highest BCUT2D eigenvalue weighted by Gasteiger charge is 2.01. The molecule has 4 nitrogen and oxygen atoms in total. The van der Waals surface area contributed by atoms with E-state index in [1.807, 2.05) is 24.3 Å². The van der Waals surface area contributed by atoms with Gasteiger partial charge in [0.25, 0.3) is 0 Å². The third-order valence-electron chi connectivity index (χ3n) is 1.90. The summed E-state index contributed by atoms with van der Waals surface area (Å²) in [5.74, 6) is -0.146. The number of methoxy groups -OCH3 is 1. The highest BCUT2D eigenvalue weighted by molar-refractivity contribution is 5.91. The third kappa shape index (κ3) is 4.31. The molecule has 0 aromatic heterocycles. The molecule has 0 aliphatic carbocycles. The van der Waals surface area contributed by atoms with E-state index < -0.39 is 0 Å². The Morgan fingerprint density at radius 3 is 2.31 bits per heavy atom. The maximum Gasteiger partial charge on any atom is 0.250 e. The van der Waals surface area contributed by atoms with E-state index in [9.17, 15) is 4.79 Å². The summed E-state index contributed by atoms with van der Waals surface area (Å²) in [4.78, 5) is 11.2. The minimum atomic E-state index is -0.146. The van der Waals surface area contributed by atoms with Gasteiger partial charge in [-0.1, -0.05) is 0 Å². The molecular formula is C12H18N2O2. The van der Waals surface area contributed by atoms with Crippen molar-refractivity contribution in [2.24, 2.45) is 0 Å². The van der Waals surface area contributed by atoms with Gasteiger partial charge in [-0.15, -0.1) is 0 Å². The Labute approximate surface area is 96.0 Å². The Morgan fingerprint density at radius 1 is 1.25 bits per heavy atom. The summed E-state index contributed by atoms with van der Waals surface area (Å²) in [6, 6.07) is 7.98. The number of rotatable bonds is 5. The van der Waals surface area contributed by atoms with Crippen molar-refractivity contribution in [2.75, 3.05) is 24.4 Å². The first-order valence-corrected chi connectivity index (χ1v) is 5.27. The van der Waals surface area contributed by atoms with E-state index in [2.05, 4.69) is 24.5 Å². The molecule has 0 spiro atoms. The largest absolute Gasteiger partial charge is 0.383 e. The summed E-state index contributed by atoms with van der Waals surface area (Å²) in [5.41, 5.74) is 1.82. The number of nitrogens with one attached hydrogen (secondary N) is 2. The number of carbonyl (C=O) groups excluding carboxylic acids is 1. The Hall–Kier alpha value is -1.55. The minimum Gasteiger partial charge on any atom is -0.383 e. The second-order valence-electron chi connectivity index (χ2n) is 3.86. The van der Waals surface area contributed by atoms with Gasteiger partial charge in [-0.05, 0) is 38.1 Å². The van der Waals surface area contributed by atoms with Crippen LogP contribution < -0.4 is 10.6 Å². The molecule has 0 aliphatic heterocycles. The van der Waals surface area contributed by atoms with Crippen LogP contribution in [0.5, 0.6) is 0 Å². The first-order valence-electron chi connectivity index (χ1n) is 5.27. The number of hydrogen-bond donors (Lipinski definition) is 2. The van der Waals surface area contributed by atoms with Gasteiger partial charge in [0.1, 0.15) is 6.61 Å². The predicted molar refractivity (Wildman–Crippen MR) is 65.7 cm³/mol. The molecule has 16 heavy (non-hydrogen) atoms. The molecule has 88 valence electrons. The fourth-order valence-corrected chi connectivity index (χ4v) is 1.31. The van der Waals surface area contributed by atoms with Crippen LogP contribution in [0, 0.1) is 0 Å². The van der Waals surface area contributed by atoms with Crippen molar-refractivity contribution in [1.82, 2.24) is 0 Å². The van der Waals surface area contributed by atoms with Gasteiger partial charge in [0.15, 0.2) is 0 Å². The molecule has 2 N–H and O–H groups in total. The molecule has 0 atom stereocenters. The van der Waals surface area contributed by atoms with Crippen LogP contribution in [0.3, 0.4) is 0 Å². The third-order valence-corrected chi connectivity index (χ3v) is 1.90. The molecular weight excluding hydrogens is 204 g/mol. The molecule has 0 fully saturated rings. The lowest BCUT2D eigenvalue weighted by Gasteiger charge is -2.10.